The topological polar surface area (TPSA) is 69.6 Å². The van der Waals surface area contributed by atoms with E-state index in [4.69, 9.17) is 5.11 Å². The first-order valence-corrected chi connectivity index (χ1v) is 5.70. The summed E-state index contributed by atoms with van der Waals surface area (Å²) in [6.45, 7) is 7.87. The van der Waals surface area contributed by atoms with Crippen LogP contribution in [0.5, 0.6) is 0 Å². The quantitative estimate of drug-likeness (QED) is 0.639. The summed E-state index contributed by atoms with van der Waals surface area (Å²) in [5, 5.41) is 10.8. The van der Waals surface area contributed by atoms with Crippen molar-refractivity contribution in [2.45, 2.75) is 27.2 Å². The van der Waals surface area contributed by atoms with E-state index in [0.29, 0.717) is 5.92 Å². The number of carbonyl (C=O) groups is 2. The molecule has 0 fully saturated rings. The minimum atomic E-state index is -1.02. The Morgan fingerprint density at radius 1 is 1.38 bits per heavy atom. The van der Waals surface area contributed by atoms with E-state index in [1.807, 2.05) is 11.8 Å². The molecule has 0 radical (unpaired) electrons. The van der Waals surface area contributed by atoms with Gasteiger partial charge in [0.1, 0.15) is 6.54 Å². The first-order chi connectivity index (χ1) is 7.49. The van der Waals surface area contributed by atoms with Crippen molar-refractivity contribution < 1.29 is 14.7 Å². The number of amides is 1. The highest BCUT2D eigenvalue weighted by Crippen LogP contribution is 2.03. The summed E-state index contributed by atoms with van der Waals surface area (Å²) in [6, 6.07) is 0. The van der Waals surface area contributed by atoms with E-state index in [9.17, 15) is 9.59 Å². The number of hydrogen-bond donors (Lipinski definition) is 2. The van der Waals surface area contributed by atoms with Gasteiger partial charge in [0.25, 0.3) is 0 Å². The number of rotatable bonds is 8. The standard InChI is InChI=1S/C11H22N2O3/c1-4-9(3)7-13(5-2)8-10(14)12-6-11(15)16/h9H,4-8H2,1-3H3,(H,12,14)(H,15,16). The molecule has 1 atom stereocenters. The van der Waals surface area contributed by atoms with E-state index in [1.165, 1.54) is 0 Å². The second-order valence-corrected chi connectivity index (χ2v) is 4.01. The lowest BCUT2D eigenvalue weighted by molar-refractivity contribution is -0.138. The van der Waals surface area contributed by atoms with Gasteiger partial charge in [-0.05, 0) is 12.5 Å². The molecule has 5 heteroatoms. The van der Waals surface area contributed by atoms with Crippen LogP contribution in [0.2, 0.25) is 0 Å². The van der Waals surface area contributed by atoms with Crippen molar-refractivity contribution in [2.24, 2.45) is 5.92 Å². The molecular formula is C11H22N2O3. The SMILES string of the molecule is CCC(C)CN(CC)CC(=O)NCC(=O)O. The number of aliphatic carboxylic acids is 1. The summed E-state index contributed by atoms with van der Waals surface area (Å²) in [4.78, 5) is 23.6. The molecule has 0 aromatic carbocycles. The monoisotopic (exact) mass is 230 g/mol. The molecule has 94 valence electrons. The van der Waals surface area contributed by atoms with Gasteiger partial charge >= 0.3 is 5.97 Å². The fourth-order valence-electron chi connectivity index (χ4n) is 1.31. The van der Waals surface area contributed by atoms with Crippen molar-refractivity contribution in [2.75, 3.05) is 26.2 Å². The van der Waals surface area contributed by atoms with Crippen LogP contribution in [0, 0.1) is 5.92 Å². The molecule has 1 unspecified atom stereocenters. The molecule has 0 saturated heterocycles. The zero-order valence-corrected chi connectivity index (χ0v) is 10.3. The highest BCUT2D eigenvalue weighted by molar-refractivity contribution is 5.82. The molecule has 0 spiro atoms. The number of carboxylic acids is 1. The molecule has 1 amide bonds. The van der Waals surface area contributed by atoms with Crippen molar-refractivity contribution in [3.8, 4) is 0 Å². The molecule has 0 aromatic heterocycles. The molecule has 0 aliphatic rings. The van der Waals surface area contributed by atoms with Crippen LogP contribution in [0.25, 0.3) is 0 Å². The van der Waals surface area contributed by atoms with Gasteiger partial charge in [-0.1, -0.05) is 27.2 Å². The molecule has 0 saturated carbocycles. The molecule has 0 bridgehead atoms. The number of carbonyl (C=O) groups excluding carboxylic acids is 1. The third-order valence-corrected chi connectivity index (χ3v) is 2.52. The van der Waals surface area contributed by atoms with Gasteiger partial charge in [-0.3, -0.25) is 14.5 Å². The predicted octanol–water partition coefficient (Wildman–Crippen LogP) is 0.555. The van der Waals surface area contributed by atoms with Gasteiger partial charge in [0.05, 0.1) is 6.54 Å². The van der Waals surface area contributed by atoms with Gasteiger partial charge in [0.15, 0.2) is 0 Å². The van der Waals surface area contributed by atoms with Gasteiger partial charge in [-0.2, -0.15) is 0 Å². The van der Waals surface area contributed by atoms with Crippen molar-refractivity contribution in [3.05, 3.63) is 0 Å². The van der Waals surface area contributed by atoms with Gasteiger partial charge in [0.2, 0.25) is 5.91 Å². The Morgan fingerprint density at radius 2 is 2.00 bits per heavy atom. The molecule has 0 rings (SSSR count). The summed E-state index contributed by atoms with van der Waals surface area (Å²) >= 11 is 0. The summed E-state index contributed by atoms with van der Waals surface area (Å²) < 4.78 is 0. The predicted molar refractivity (Wildman–Crippen MR) is 62.2 cm³/mol. The first-order valence-electron chi connectivity index (χ1n) is 5.70. The smallest absolute Gasteiger partial charge is 0.322 e. The molecule has 2 N–H and O–H groups in total. The van der Waals surface area contributed by atoms with Crippen LogP contribution in [0.3, 0.4) is 0 Å². The number of likely N-dealkylation sites (N-methyl/N-ethyl adjacent to an activating group) is 1. The Kier molecular flexibility index (Phi) is 7.54. The third-order valence-electron chi connectivity index (χ3n) is 2.52. The van der Waals surface area contributed by atoms with Gasteiger partial charge < -0.3 is 10.4 Å². The molecule has 5 nitrogen and oxygen atoms in total. The van der Waals surface area contributed by atoms with Crippen LogP contribution < -0.4 is 5.32 Å². The zero-order chi connectivity index (χ0) is 12.6. The maximum absolute atomic E-state index is 11.4. The highest BCUT2D eigenvalue weighted by atomic mass is 16.4. The minimum absolute atomic E-state index is 0.229. The Labute approximate surface area is 96.8 Å². The number of hydrogen-bond acceptors (Lipinski definition) is 3. The van der Waals surface area contributed by atoms with Crippen LogP contribution in [-0.2, 0) is 9.59 Å². The summed E-state index contributed by atoms with van der Waals surface area (Å²) in [6.07, 6.45) is 1.08. The second kappa shape index (κ2) is 8.10. The lowest BCUT2D eigenvalue weighted by Crippen LogP contribution is -2.40. The van der Waals surface area contributed by atoms with Crippen LogP contribution in [0.4, 0.5) is 0 Å². The van der Waals surface area contributed by atoms with Crippen LogP contribution in [0.15, 0.2) is 0 Å². The maximum Gasteiger partial charge on any atom is 0.322 e. The molecule has 0 aliphatic carbocycles. The number of nitrogens with zero attached hydrogens (tertiary/aromatic N) is 1. The fourth-order valence-corrected chi connectivity index (χ4v) is 1.31. The third kappa shape index (κ3) is 7.23. The van der Waals surface area contributed by atoms with E-state index in [1.54, 1.807) is 0 Å². The average molecular weight is 230 g/mol. The lowest BCUT2D eigenvalue weighted by atomic mass is 10.1. The fraction of sp³-hybridized carbons (Fsp3) is 0.818. The summed E-state index contributed by atoms with van der Waals surface area (Å²) in [7, 11) is 0. The van der Waals surface area contributed by atoms with E-state index in [2.05, 4.69) is 19.2 Å². The minimum Gasteiger partial charge on any atom is -0.480 e. The van der Waals surface area contributed by atoms with E-state index < -0.39 is 5.97 Å². The Bertz CT molecular complexity index is 231. The van der Waals surface area contributed by atoms with E-state index >= 15 is 0 Å². The van der Waals surface area contributed by atoms with Crippen molar-refractivity contribution in [3.63, 3.8) is 0 Å². The maximum atomic E-state index is 11.4. The van der Waals surface area contributed by atoms with Gasteiger partial charge in [0, 0.05) is 6.54 Å². The van der Waals surface area contributed by atoms with Crippen LogP contribution in [0.1, 0.15) is 27.2 Å². The average Bonchev–Trinajstić information content (AvgIpc) is 2.25. The van der Waals surface area contributed by atoms with Crippen LogP contribution in [-0.4, -0.2) is 48.1 Å². The van der Waals surface area contributed by atoms with Gasteiger partial charge in [-0.25, -0.2) is 0 Å². The summed E-state index contributed by atoms with van der Waals surface area (Å²) in [5.74, 6) is -0.696. The van der Waals surface area contributed by atoms with Gasteiger partial charge in [-0.15, -0.1) is 0 Å². The molecular weight excluding hydrogens is 208 g/mol. The zero-order valence-electron chi connectivity index (χ0n) is 10.3. The second-order valence-electron chi connectivity index (χ2n) is 4.01. The lowest BCUT2D eigenvalue weighted by Gasteiger charge is -2.22. The van der Waals surface area contributed by atoms with Crippen molar-refractivity contribution in [1.29, 1.82) is 0 Å². The number of nitrogens with one attached hydrogen (secondary N) is 1. The summed E-state index contributed by atoms with van der Waals surface area (Å²) in [5.41, 5.74) is 0. The molecule has 16 heavy (non-hydrogen) atoms. The van der Waals surface area contributed by atoms with Crippen molar-refractivity contribution >= 4 is 11.9 Å². The van der Waals surface area contributed by atoms with Crippen LogP contribution >= 0.6 is 0 Å². The largest absolute Gasteiger partial charge is 0.480 e. The molecule has 0 aromatic rings. The van der Waals surface area contributed by atoms with E-state index in [0.717, 1.165) is 19.5 Å². The Morgan fingerprint density at radius 3 is 2.44 bits per heavy atom. The first kappa shape index (κ1) is 14.9. The van der Waals surface area contributed by atoms with Crippen molar-refractivity contribution in [1.82, 2.24) is 10.2 Å². The highest BCUT2D eigenvalue weighted by Gasteiger charge is 2.12. The normalized spacial score (nSPS) is 12.5. The Hall–Kier alpha value is -1.10. The Balaban J connectivity index is 3.92. The molecule has 0 aliphatic heterocycles. The van der Waals surface area contributed by atoms with E-state index in [-0.39, 0.29) is 19.0 Å². The molecule has 0 heterocycles. The number of carboxylic acid groups (broad SMARTS) is 1.